The minimum absolute atomic E-state index is 0.282. The number of nitrogens with zero attached hydrogens (tertiary/aromatic N) is 1. The van der Waals surface area contributed by atoms with Crippen LogP contribution in [-0.2, 0) is 11.2 Å². The summed E-state index contributed by atoms with van der Waals surface area (Å²) >= 11 is 0. The van der Waals surface area contributed by atoms with Crippen molar-refractivity contribution < 1.29 is 9.90 Å². The Morgan fingerprint density at radius 2 is 2.47 bits per heavy atom. The van der Waals surface area contributed by atoms with E-state index in [4.69, 9.17) is 10.8 Å². The number of unbranched alkanes of at least 4 members (excludes halogenated alkanes) is 1. The summed E-state index contributed by atoms with van der Waals surface area (Å²) in [5, 5.41) is 12.0. The summed E-state index contributed by atoms with van der Waals surface area (Å²) in [4.78, 5) is 17.9. The second-order valence-electron chi connectivity index (χ2n) is 4.07. The van der Waals surface area contributed by atoms with Gasteiger partial charge in [0.2, 0.25) is 0 Å². The molecule has 17 heavy (non-hydrogen) atoms. The number of aliphatic carboxylic acids is 1. The molecule has 1 aromatic heterocycles. The lowest BCUT2D eigenvalue weighted by Gasteiger charge is -2.19. The van der Waals surface area contributed by atoms with Gasteiger partial charge in [0.15, 0.2) is 0 Å². The van der Waals surface area contributed by atoms with Crippen LogP contribution in [0.25, 0.3) is 0 Å². The number of carboxylic acids is 1. The molecule has 6 nitrogen and oxygen atoms in total. The number of imidazole rings is 1. The highest BCUT2D eigenvalue weighted by atomic mass is 16.4. The molecule has 96 valence electrons. The standard InChI is InChI=1S/C11H20N4O2/c1-2-3-4-10(12)15-9(11(16)17)5-8-6-13-7-14-8/h6-7,9-10,15H,2-5,12H2,1H3,(H,13,14)(H,16,17)/t9-,10?/m0/s1. The average molecular weight is 240 g/mol. The zero-order chi connectivity index (χ0) is 12.7. The molecule has 0 saturated heterocycles. The number of nitrogens with one attached hydrogen (secondary N) is 2. The van der Waals surface area contributed by atoms with Gasteiger partial charge in [-0.25, -0.2) is 4.98 Å². The summed E-state index contributed by atoms with van der Waals surface area (Å²) in [6, 6.07) is -0.690. The Morgan fingerprint density at radius 3 is 3.00 bits per heavy atom. The Kier molecular flexibility index (Phi) is 5.65. The molecule has 0 aliphatic carbocycles. The summed E-state index contributed by atoms with van der Waals surface area (Å²) in [7, 11) is 0. The number of aromatic nitrogens is 2. The van der Waals surface area contributed by atoms with E-state index in [1.165, 1.54) is 6.33 Å². The summed E-state index contributed by atoms with van der Waals surface area (Å²) < 4.78 is 0. The molecule has 1 rings (SSSR count). The molecule has 5 N–H and O–H groups in total. The van der Waals surface area contributed by atoms with E-state index in [0.29, 0.717) is 12.1 Å². The van der Waals surface area contributed by atoms with Gasteiger partial charge in [-0.15, -0.1) is 0 Å². The first-order chi connectivity index (χ1) is 8.13. The van der Waals surface area contributed by atoms with Crippen LogP contribution in [0.1, 0.15) is 31.9 Å². The number of carbonyl (C=O) groups is 1. The Bertz CT molecular complexity index is 326. The van der Waals surface area contributed by atoms with Crippen LogP contribution in [0.3, 0.4) is 0 Å². The minimum Gasteiger partial charge on any atom is -0.480 e. The van der Waals surface area contributed by atoms with Gasteiger partial charge in [-0.2, -0.15) is 0 Å². The molecule has 0 amide bonds. The van der Waals surface area contributed by atoms with Crippen molar-refractivity contribution in [3.05, 3.63) is 18.2 Å². The van der Waals surface area contributed by atoms with Gasteiger partial charge in [-0.3, -0.25) is 10.1 Å². The van der Waals surface area contributed by atoms with Gasteiger partial charge in [0.05, 0.1) is 18.2 Å². The van der Waals surface area contributed by atoms with Crippen LogP contribution in [0.4, 0.5) is 0 Å². The molecule has 0 aliphatic rings. The van der Waals surface area contributed by atoms with Crippen LogP contribution in [0.15, 0.2) is 12.5 Å². The first-order valence-corrected chi connectivity index (χ1v) is 5.85. The maximum atomic E-state index is 11.1. The molecule has 2 atom stereocenters. The minimum atomic E-state index is -0.903. The zero-order valence-electron chi connectivity index (χ0n) is 10.0. The lowest BCUT2D eigenvalue weighted by atomic mass is 10.1. The summed E-state index contributed by atoms with van der Waals surface area (Å²) in [6.07, 6.45) is 6.09. The number of aromatic amines is 1. The third-order valence-corrected chi connectivity index (χ3v) is 2.55. The maximum absolute atomic E-state index is 11.1. The van der Waals surface area contributed by atoms with Crippen molar-refractivity contribution in [3.8, 4) is 0 Å². The topological polar surface area (TPSA) is 104 Å². The molecule has 1 heterocycles. The fraction of sp³-hybridized carbons (Fsp3) is 0.636. The Balaban J connectivity index is 2.46. The van der Waals surface area contributed by atoms with Gasteiger partial charge in [0.25, 0.3) is 0 Å². The Labute approximate surface area is 101 Å². The Morgan fingerprint density at radius 1 is 1.71 bits per heavy atom. The van der Waals surface area contributed by atoms with Gasteiger partial charge in [0, 0.05) is 12.6 Å². The maximum Gasteiger partial charge on any atom is 0.321 e. The monoisotopic (exact) mass is 240 g/mol. The van der Waals surface area contributed by atoms with Gasteiger partial charge >= 0.3 is 5.97 Å². The van der Waals surface area contributed by atoms with Crippen molar-refractivity contribution in [3.63, 3.8) is 0 Å². The molecule has 0 bridgehead atoms. The number of hydrogen-bond acceptors (Lipinski definition) is 4. The largest absolute Gasteiger partial charge is 0.480 e. The first-order valence-electron chi connectivity index (χ1n) is 5.85. The van der Waals surface area contributed by atoms with E-state index >= 15 is 0 Å². The molecule has 0 aromatic carbocycles. The van der Waals surface area contributed by atoms with E-state index in [0.717, 1.165) is 19.3 Å². The number of hydrogen-bond donors (Lipinski definition) is 4. The van der Waals surface area contributed by atoms with E-state index in [1.54, 1.807) is 6.20 Å². The van der Waals surface area contributed by atoms with E-state index < -0.39 is 12.0 Å². The number of rotatable bonds is 8. The first kappa shape index (κ1) is 13.7. The van der Waals surface area contributed by atoms with E-state index in [1.807, 2.05) is 0 Å². The molecule has 0 saturated carbocycles. The fourth-order valence-electron chi connectivity index (χ4n) is 1.59. The van der Waals surface area contributed by atoms with Crippen molar-refractivity contribution in [1.29, 1.82) is 0 Å². The summed E-state index contributed by atoms with van der Waals surface area (Å²) in [5.41, 5.74) is 6.54. The van der Waals surface area contributed by atoms with Gasteiger partial charge in [-0.1, -0.05) is 19.8 Å². The van der Waals surface area contributed by atoms with Gasteiger partial charge < -0.3 is 15.8 Å². The summed E-state index contributed by atoms with van der Waals surface area (Å²) in [6.45, 7) is 2.07. The highest BCUT2D eigenvalue weighted by Gasteiger charge is 2.20. The van der Waals surface area contributed by atoms with Crippen molar-refractivity contribution in [1.82, 2.24) is 15.3 Å². The quantitative estimate of drug-likeness (QED) is 0.494. The van der Waals surface area contributed by atoms with Crippen LogP contribution in [-0.4, -0.2) is 33.3 Å². The number of H-pyrrole nitrogens is 1. The van der Waals surface area contributed by atoms with Crippen molar-refractivity contribution >= 4 is 5.97 Å². The normalized spacial score (nSPS) is 14.5. The van der Waals surface area contributed by atoms with Crippen LogP contribution in [0.5, 0.6) is 0 Å². The molecule has 0 spiro atoms. The summed E-state index contributed by atoms with van der Waals surface area (Å²) in [5.74, 6) is -0.903. The Hall–Kier alpha value is -1.40. The molecular weight excluding hydrogens is 220 g/mol. The third kappa shape index (κ3) is 4.97. The number of carboxylic acid groups (broad SMARTS) is 1. The fourth-order valence-corrected chi connectivity index (χ4v) is 1.59. The van der Waals surface area contributed by atoms with E-state index in [-0.39, 0.29) is 6.17 Å². The molecule has 0 aliphatic heterocycles. The van der Waals surface area contributed by atoms with Crippen LogP contribution in [0, 0.1) is 0 Å². The third-order valence-electron chi connectivity index (χ3n) is 2.55. The molecule has 0 fully saturated rings. The second kappa shape index (κ2) is 7.03. The average Bonchev–Trinajstić information content (AvgIpc) is 2.78. The lowest BCUT2D eigenvalue weighted by Crippen LogP contribution is -2.48. The number of nitrogens with two attached hydrogens (primary N) is 1. The molecule has 1 aromatic rings. The SMILES string of the molecule is CCCCC(N)N[C@@H](Cc1c[nH]cn1)C(=O)O. The second-order valence-corrected chi connectivity index (χ2v) is 4.07. The predicted octanol–water partition coefficient (Wildman–Crippen LogP) is 0.470. The molecule has 6 heteroatoms. The zero-order valence-corrected chi connectivity index (χ0v) is 10.0. The molecule has 0 radical (unpaired) electrons. The van der Waals surface area contributed by atoms with E-state index in [9.17, 15) is 4.79 Å². The lowest BCUT2D eigenvalue weighted by molar-refractivity contribution is -0.139. The van der Waals surface area contributed by atoms with Crippen molar-refractivity contribution in [2.45, 2.75) is 44.8 Å². The highest BCUT2D eigenvalue weighted by molar-refractivity contribution is 5.73. The van der Waals surface area contributed by atoms with Crippen LogP contribution in [0.2, 0.25) is 0 Å². The highest BCUT2D eigenvalue weighted by Crippen LogP contribution is 2.02. The van der Waals surface area contributed by atoms with Crippen molar-refractivity contribution in [2.24, 2.45) is 5.73 Å². The molecular formula is C11H20N4O2. The predicted molar refractivity (Wildman–Crippen MR) is 64.4 cm³/mol. The van der Waals surface area contributed by atoms with Crippen LogP contribution < -0.4 is 11.1 Å². The van der Waals surface area contributed by atoms with E-state index in [2.05, 4.69) is 22.2 Å². The van der Waals surface area contributed by atoms with Gasteiger partial charge in [0.1, 0.15) is 6.04 Å². The van der Waals surface area contributed by atoms with Gasteiger partial charge in [-0.05, 0) is 6.42 Å². The van der Waals surface area contributed by atoms with Crippen LogP contribution >= 0.6 is 0 Å². The smallest absolute Gasteiger partial charge is 0.321 e. The van der Waals surface area contributed by atoms with Crippen molar-refractivity contribution in [2.75, 3.05) is 0 Å². The molecule has 1 unspecified atom stereocenters.